The number of anilines is 1. The van der Waals surface area contributed by atoms with E-state index in [0.717, 1.165) is 21.4 Å². The summed E-state index contributed by atoms with van der Waals surface area (Å²) in [5, 5.41) is 12.7. The topological polar surface area (TPSA) is 91.6 Å². The van der Waals surface area contributed by atoms with Crippen LogP contribution in [0, 0.1) is 6.92 Å². The summed E-state index contributed by atoms with van der Waals surface area (Å²) in [6.45, 7) is 2.67. The summed E-state index contributed by atoms with van der Waals surface area (Å²) in [7, 11) is 0. The van der Waals surface area contributed by atoms with Crippen molar-refractivity contribution in [3.63, 3.8) is 0 Å². The summed E-state index contributed by atoms with van der Waals surface area (Å²) >= 11 is 5.25. The summed E-state index contributed by atoms with van der Waals surface area (Å²) in [6.07, 6.45) is 3.47. The van der Waals surface area contributed by atoms with Gasteiger partial charge in [0.05, 0.1) is 11.3 Å². The molecule has 7 nitrogen and oxygen atoms in total. The molecule has 1 aliphatic rings. The molecule has 36 heavy (non-hydrogen) atoms. The Bertz CT molecular complexity index is 1580. The van der Waals surface area contributed by atoms with E-state index in [4.69, 9.17) is 12.2 Å². The number of aromatic nitrogens is 1. The normalized spacial score (nSPS) is 15.0. The number of carbonyl (C=O) groups is 3. The number of carboxylic acid groups (broad SMARTS) is 1. The maximum atomic E-state index is 13.5. The lowest BCUT2D eigenvalue weighted by Crippen LogP contribution is -2.54. The highest BCUT2D eigenvalue weighted by molar-refractivity contribution is 7.80. The van der Waals surface area contributed by atoms with E-state index in [0.29, 0.717) is 12.1 Å². The number of benzene rings is 3. The highest BCUT2D eigenvalue weighted by Gasteiger charge is 2.35. The number of nitrogens with one attached hydrogen (secondary N) is 1. The van der Waals surface area contributed by atoms with Crippen molar-refractivity contribution in [1.29, 1.82) is 0 Å². The van der Waals surface area contributed by atoms with Crippen LogP contribution >= 0.6 is 12.2 Å². The van der Waals surface area contributed by atoms with Crippen LogP contribution in [0.2, 0.25) is 0 Å². The zero-order chi connectivity index (χ0) is 25.4. The molecule has 0 bridgehead atoms. The molecule has 5 rings (SSSR count). The van der Waals surface area contributed by atoms with Crippen LogP contribution in [0.4, 0.5) is 5.69 Å². The van der Waals surface area contributed by atoms with Crippen LogP contribution in [0.25, 0.3) is 17.0 Å². The fraction of sp³-hybridized carbons (Fsp3) is 0.0714. The van der Waals surface area contributed by atoms with E-state index in [9.17, 15) is 19.5 Å². The van der Waals surface area contributed by atoms with Crippen molar-refractivity contribution >= 4 is 57.8 Å². The van der Waals surface area contributed by atoms with E-state index in [1.807, 2.05) is 37.4 Å². The molecule has 2 N–H and O–H groups in total. The van der Waals surface area contributed by atoms with E-state index < -0.39 is 17.8 Å². The molecule has 0 atom stereocenters. The van der Waals surface area contributed by atoms with Crippen molar-refractivity contribution in [1.82, 2.24) is 9.88 Å². The SMILES string of the molecule is Cc1ccc(Cn2cc(C=C3C(=O)NC(=S)N(c4cccc(C(=O)O)c4)C3=O)c3ccccc32)cc1. The van der Waals surface area contributed by atoms with Crippen molar-refractivity contribution in [2.24, 2.45) is 0 Å². The predicted octanol–water partition coefficient (Wildman–Crippen LogP) is 4.53. The Morgan fingerprint density at radius 3 is 2.53 bits per heavy atom. The van der Waals surface area contributed by atoms with Crippen LogP contribution in [-0.2, 0) is 16.1 Å². The van der Waals surface area contributed by atoms with Gasteiger partial charge >= 0.3 is 5.97 Å². The number of carboxylic acids is 1. The highest BCUT2D eigenvalue weighted by Crippen LogP contribution is 2.27. The fourth-order valence-electron chi connectivity index (χ4n) is 4.24. The molecule has 4 aromatic rings. The molecule has 1 aliphatic heterocycles. The molecular formula is C28H21N3O4S. The number of amides is 2. The molecule has 2 heterocycles. The molecule has 0 saturated carbocycles. The van der Waals surface area contributed by atoms with Gasteiger partial charge < -0.3 is 9.67 Å². The van der Waals surface area contributed by atoms with Crippen molar-refractivity contribution in [2.45, 2.75) is 13.5 Å². The summed E-state index contributed by atoms with van der Waals surface area (Å²) in [5.74, 6) is -2.36. The van der Waals surface area contributed by atoms with Gasteiger partial charge in [0, 0.05) is 29.2 Å². The van der Waals surface area contributed by atoms with E-state index in [1.165, 1.54) is 23.8 Å². The van der Waals surface area contributed by atoms with E-state index >= 15 is 0 Å². The second-order valence-corrected chi connectivity index (χ2v) is 8.92. The third-order valence-corrected chi connectivity index (χ3v) is 6.33. The van der Waals surface area contributed by atoms with Gasteiger partial charge in [-0.15, -0.1) is 0 Å². The second kappa shape index (κ2) is 9.24. The van der Waals surface area contributed by atoms with Gasteiger partial charge in [0.1, 0.15) is 5.57 Å². The summed E-state index contributed by atoms with van der Waals surface area (Å²) < 4.78 is 2.08. The number of para-hydroxylation sites is 1. The predicted molar refractivity (Wildman–Crippen MR) is 142 cm³/mol. The van der Waals surface area contributed by atoms with Gasteiger partial charge in [-0.1, -0.05) is 54.1 Å². The van der Waals surface area contributed by atoms with E-state index in [2.05, 4.69) is 34.1 Å². The Labute approximate surface area is 212 Å². The van der Waals surface area contributed by atoms with Gasteiger partial charge in [0.15, 0.2) is 5.11 Å². The molecule has 0 spiro atoms. The van der Waals surface area contributed by atoms with Crippen LogP contribution in [0.15, 0.2) is 84.6 Å². The number of nitrogens with zero attached hydrogens (tertiary/aromatic N) is 2. The van der Waals surface area contributed by atoms with Gasteiger partial charge in [-0.25, -0.2) is 4.79 Å². The van der Waals surface area contributed by atoms with Crippen molar-refractivity contribution in [2.75, 3.05) is 4.90 Å². The van der Waals surface area contributed by atoms with Crippen molar-refractivity contribution in [3.05, 3.63) is 107 Å². The Morgan fingerprint density at radius 1 is 1.03 bits per heavy atom. The molecule has 1 fully saturated rings. The first-order valence-electron chi connectivity index (χ1n) is 11.2. The molecule has 0 radical (unpaired) electrons. The number of aromatic carboxylic acids is 1. The largest absolute Gasteiger partial charge is 0.478 e. The standard InChI is InChI=1S/C28H21N3O4S/c1-17-9-11-18(12-10-17)15-30-16-20(22-7-2-3-8-24(22)30)14-23-25(32)29-28(36)31(26(23)33)21-6-4-5-19(13-21)27(34)35/h2-14,16H,15H2,1H3,(H,34,35)(H,29,32,36). The zero-order valence-corrected chi connectivity index (χ0v) is 20.1. The quantitative estimate of drug-likeness (QED) is 0.241. The Morgan fingerprint density at radius 2 is 1.78 bits per heavy atom. The van der Waals surface area contributed by atoms with Crippen LogP contribution in [0.5, 0.6) is 0 Å². The number of aryl methyl sites for hydroxylation is 1. The summed E-state index contributed by atoms with van der Waals surface area (Å²) in [4.78, 5) is 38.8. The Hall–Kier alpha value is -4.56. The first-order valence-corrected chi connectivity index (χ1v) is 11.6. The van der Waals surface area contributed by atoms with Crippen LogP contribution in [0.1, 0.15) is 27.0 Å². The Balaban J connectivity index is 1.56. The van der Waals surface area contributed by atoms with Gasteiger partial charge in [-0.05, 0) is 55.0 Å². The zero-order valence-electron chi connectivity index (χ0n) is 19.3. The van der Waals surface area contributed by atoms with Gasteiger partial charge in [-0.3, -0.25) is 19.8 Å². The molecule has 0 unspecified atom stereocenters. The lowest BCUT2D eigenvalue weighted by atomic mass is 10.1. The number of fused-ring (bicyclic) bond motifs is 1. The van der Waals surface area contributed by atoms with Crippen molar-refractivity contribution < 1.29 is 19.5 Å². The summed E-state index contributed by atoms with van der Waals surface area (Å²) in [5.41, 5.74) is 4.16. The van der Waals surface area contributed by atoms with E-state index in [1.54, 1.807) is 12.1 Å². The number of thiocarbonyl (C=S) groups is 1. The van der Waals surface area contributed by atoms with E-state index in [-0.39, 0.29) is 21.9 Å². The minimum atomic E-state index is -1.13. The lowest BCUT2D eigenvalue weighted by Gasteiger charge is -2.29. The maximum Gasteiger partial charge on any atom is 0.335 e. The molecular weight excluding hydrogens is 474 g/mol. The Kier molecular flexibility index (Phi) is 5.95. The molecule has 2 amide bonds. The van der Waals surface area contributed by atoms with Gasteiger partial charge in [-0.2, -0.15) is 0 Å². The minimum Gasteiger partial charge on any atom is -0.478 e. The van der Waals surface area contributed by atoms with Crippen LogP contribution in [0.3, 0.4) is 0 Å². The first-order chi connectivity index (χ1) is 17.3. The average Bonchev–Trinajstić information content (AvgIpc) is 3.20. The third kappa shape index (κ3) is 4.30. The minimum absolute atomic E-state index is 0.00436. The molecule has 3 aromatic carbocycles. The van der Waals surface area contributed by atoms with Gasteiger partial charge in [0.25, 0.3) is 11.8 Å². The molecule has 1 aromatic heterocycles. The molecule has 8 heteroatoms. The average molecular weight is 496 g/mol. The fourth-order valence-corrected chi connectivity index (χ4v) is 4.52. The lowest BCUT2D eigenvalue weighted by molar-refractivity contribution is -0.122. The van der Waals surface area contributed by atoms with Gasteiger partial charge in [0.2, 0.25) is 0 Å². The number of hydrogen-bond acceptors (Lipinski definition) is 4. The van der Waals surface area contributed by atoms with Crippen LogP contribution in [-0.4, -0.2) is 32.6 Å². The first kappa shape index (κ1) is 23.2. The second-order valence-electron chi connectivity index (χ2n) is 8.53. The third-order valence-electron chi connectivity index (χ3n) is 6.05. The maximum absolute atomic E-state index is 13.5. The molecule has 0 aliphatic carbocycles. The monoisotopic (exact) mass is 495 g/mol. The smallest absolute Gasteiger partial charge is 0.335 e. The van der Waals surface area contributed by atoms with Crippen molar-refractivity contribution in [3.8, 4) is 0 Å². The number of hydrogen-bond donors (Lipinski definition) is 2. The molecule has 178 valence electrons. The highest BCUT2D eigenvalue weighted by atomic mass is 32.1. The van der Waals surface area contributed by atoms with Crippen LogP contribution < -0.4 is 10.2 Å². The number of rotatable bonds is 5. The summed E-state index contributed by atoms with van der Waals surface area (Å²) in [6, 6.07) is 21.9. The molecule has 1 saturated heterocycles. The number of carbonyl (C=O) groups excluding carboxylic acids is 2.